The van der Waals surface area contributed by atoms with Gasteiger partial charge in [0.15, 0.2) is 11.6 Å². The summed E-state index contributed by atoms with van der Waals surface area (Å²) in [6.07, 6.45) is 1.63. The second kappa shape index (κ2) is 12.5. The summed E-state index contributed by atoms with van der Waals surface area (Å²) in [7, 11) is -3.79. The van der Waals surface area contributed by atoms with Gasteiger partial charge in [0, 0.05) is 32.1 Å². The van der Waals surface area contributed by atoms with Gasteiger partial charge in [-0.2, -0.15) is 0 Å². The van der Waals surface area contributed by atoms with E-state index in [-0.39, 0.29) is 36.9 Å². The van der Waals surface area contributed by atoms with E-state index in [2.05, 4.69) is 5.32 Å². The molecule has 10 heteroatoms. The molecule has 0 aliphatic carbocycles. The van der Waals surface area contributed by atoms with Crippen molar-refractivity contribution in [1.29, 1.82) is 0 Å². The first kappa shape index (κ1) is 27.2. The quantitative estimate of drug-likeness (QED) is 0.490. The summed E-state index contributed by atoms with van der Waals surface area (Å²) in [6.45, 7) is 4.09. The van der Waals surface area contributed by atoms with Gasteiger partial charge in [-0.1, -0.05) is 30.3 Å². The normalized spacial score (nSPS) is 12.1. The Labute approximate surface area is 199 Å². The third-order valence-electron chi connectivity index (χ3n) is 5.35. The smallest absolute Gasteiger partial charge is 0.242 e. The third-order valence-corrected chi connectivity index (χ3v) is 6.54. The van der Waals surface area contributed by atoms with Crippen molar-refractivity contribution in [2.45, 2.75) is 39.2 Å². The van der Waals surface area contributed by atoms with Crippen molar-refractivity contribution in [2.24, 2.45) is 0 Å². The molecule has 0 heterocycles. The molecule has 2 aromatic carbocycles. The number of anilines is 1. The van der Waals surface area contributed by atoms with Crippen molar-refractivity contribution in [3.63, 3.8) is 0 Å². The van der Waals surface area contributed by atoms with Crippen molar-refractivity contribution in [2.75, 3.05) is 30.2 Å². The fraction of sp³-hybridized carbons (Fsp3) is 0.417. The van der Waals surface area contributed by atoms with Crippen LogP contribution in [0.25, 0.3) is 0 Å². The van der Waals surface area contributed by atoms with Crippen molar-refractivity contribution in [3.8, 4) is 0 Å². The topological polar surface area (TPSA) is 86.8 Å². The molecular formula is C24H31F2N3O4S. The molecule has 0 unspecified atom stereocenters. The van der Waals surface area contributed by atoms with Crippen LogP contribution in [0.1, 0.15) is 32.3 Å². The lowest BCUT2D eigenvalue weighted by Crippen LogP contribution is -2.48. The molecule has 0 spiro atoms. The fourth-order valence-corrected chi connectivity index (χ4v) is 4.49. The van der Waals surface area contributed by atoms with Gasteiger partial charge in [0.05, 0.1) is 11.9 Å². The minimum absolute atomic E-state index is 0.0196. The van der Waals surface area contributed by atoms with E-state index in [4.69, 9.17) is 0 Å². The van der Waals surface area contributed by atoms with E-state index in [0.717, 1.165) is 28.3 Å². The molecule has 1 atom stereocenters. The summed E-state index contributed by atoms with van der Waals surface area (Å²) < 4.78 is 52.3. The first-order chi connectivity index (χ1) is 16.0. The van der Waals surface area contributed by atoms with Gasteiger partial charge in [0.1, 0.15) is 6.04 Å². The number of halogens is 2. The highest BCUT2D eigenvalue weighted by molar-refractivity contribution is 7.92. The minimum atomic E-state index is -3.79. The van der Waals surface area contributed by atoms with Crippen LogP contribution < -0.4 is 9.62 Å². The molecule has 186 valence electrons. The van der Waals surface area contributed by atoms with Gasteiger partial charge in [-0.05, 0) is 44.4 Å². The first-order valence-electron chi connectivity index (χ1n) is 11.1. The lowest BCUT2D eigenvalue weighted by Gasteiger charge is -2.29. The molecule has 2 aromatic rings. The van der Waals surface area contributed by atoms with Gasteiger partial charge in [-0.25, -0.2) is 17.2 Å². The summed E-state index contributed by atoms with van der Waals surface area (Å²) in [5.41, 5.74) is 0.996. The van der Waals surface area contributed by atoms with E-state index < -0.39 is 27.7 Å². The van der Waals surface area contributed by atoms with E-state index in [1.807, 2.05) is 30.3 Å². The number of carbonyl (C=O) groups is 2. The number of nitrogens with zero attached hydrogens (tertiary/aromatic N) is 2. The van der Waals surface area contributed by atoms with Crippen LogP contribution >= 0.6 is 0 Å². The molecule has 34 heavy (non-hydrogen) atoms. The maximum atomic E-state index is 13.6. The maximum Gasteiger partial charge on any atom is 0.242 e. The first-order valence-corrected chi connectivity index (χ1v) is 12.9. The number of nitrogens with one attached hydrogen (secondary N) is 1. The number of rotatable bonds is 12. The largest absolute Gasteiger partial charge is 0.355 e. The maximum absolute atomic E-state index is 13.6. The van der Waals surface area contributed by atoms with E-state index in [0.29, 0.717) is 19.5 Å². The number of likely N-dealkylation sites (N-methyl/N-ethyl adjacent to an activating group) is 1. The van der Waals surface area contributed by atoms with Crippen LogP contribution in [-0.4, -0.2) is 57.1 Å². The van der Waals surface area contributed by atoms with Crippen molar-refractivity contribution >= 4 is 27.5 Å². The molecule has 0 fully saturated rings. The standard InChI is InChI=1S/C24H31F2N3O4S/c1-4-27-24(31)18(2)28(16-14-19-9-6-5-7-10-19)23(30)11-8-15-29(34(3,32)33)20-12-13-21(25)22(26)17-20/h5-7,9-10,12-13,17-18H,4,8,11,14-16H2,1-3H3,(H,27,31)/t18-/m0/s1. The fourth-order valence-electron chi connectivity index (χ4n) is 3.54. The minimum Gasteiger partial charge on any atom is -0.355 e. The molecule has 2 amide bonds. The predicted octanol–water partition coefficient (Wildman–Crippen LogP) is 3.11. The second-order valence-corrected chi connectivity index (χ2v) is 9.84. The molecule has 0 saturated heterocycles. The zero-order valence-corrected chi connectivity index (χ0v) is 20.4. The molecule has 0 aromatic heterocycles. The molecule has 0 radical (unpaired) electrons. The number of carbonyl (C=O) groups excluding carboxylic acids is 2. The van der Waals surface area contributed by atoms with Crippen LogP contribution in [0.15, 0.2) is 48.5 Å². The highest BCUT2D eigenvalue weighted by Crippen LogP contribution is 2.21. The number of benzene rings is 2. The van der Waals surface area contributed by atoms with Crippen LogP contribution in [0.4, 0.5) is 14.5 Å². The molecule has 0 saturated carbocycles. The average molecular weight is 496 g/mol. The van der Waals surface area contributed by atoms with Crippen LogP contribution in [0.3, 0.4) is 0 Å². The van der Waals surface area contributed by atoms with Crippen molar-refractivity contribution in [1.82, 2.24) is 10.2 Å². The Bertz CT molecular complexity index is 1080. The molecule has 1 N–H and O–H groups in total. The molecular weight excluding hydrogens is 464 g/mol. The van der Waals surface area contributed by atoms with E-state index in [9.17, 15) is 26.8 Å². The SMILES string of the molecule is CCNC(=O)[C@H](C)N(CCc1ccccc1)C(=O)CCCN(c1ccc(F)c(F)c1)S(C)(=O)=O. The Morgan fingerprint density at radius 1 is 1.03 bits per heavy atom. The number of hydrogen-bond donors (Lipinski definition) is 1. The third kappa shape index (κ3) is 7.79. The van der Waals surface area contributed by atoms with Gasteiger partial charge >= 0.3 is 0 Å². The Morgan fingerprint density at radius 2 is 1.71 bits per heavy atom. The summed E-state index contributed by atoms with van der Waals surface area (Å²) >= 11 is 0. The Morgan fingerprint density at radius 3 is 2.29 bits per heavy atom. The molecule has 0 bridgehead atoms. The summed E-state index contributed by atoms with van der Waals surface area (Å²) in [5.74, 6) is -2.82. The lowest BCUT2D eigenvalue weighted by molar-refractivity contribution is -0.139. The van der Waals surface area contributed by atoms with Gasteiger partial charge in [-0.3, -0.25) is 13.9 Å². The molecule has 7 nitrogen and oxygen atoms in total. The molecule has 2 rings (SSSR count). The van der Waals surface area contributed by atoms with Crippen molar-refractivity contribution < 1.29 is 26.8 Å². The summed E-state index contributed by atoms with van der Waals surface area (Å²) in [5, 5.41) is 2.72. The van der Waals surface area contributed by atoms with Gasteiger partial charge in [0.25, 0.3) is 0 Å². The van der Waals surface area contributed by atoms with Gasteiger partial charge < -0.3 is 10.2 Å². The number of sulfonamides is 1. The molecule has 0 aliphatic rings. The number of hydrogen-bond acceptors (Lipinski definition) is 4. The zero-order valence-electron chi connectivity index (χ0n) is 19.6. The van der Waals surface area contributed by atoms with Gasteiger partial charge in [0.2, 0.25) is 21.8 Å². The van der Waals surface area contributed by atoms with Crippen molar-refractivity contribution in [3.05, 3.63) is 65.7 Å². The van der Waals surface area contributed by atoms with Crippen LogP contribution in [-0.2, 0) is 26.0 Å². The van der Waals surface area contributed by atoms with Crippen LogP contribution in [0, 0.1) is 11.6 Å². The highest BCUT2D eigenvalue weighted by atomic mass is 32.2. The predicted molar refractivity (Wildman–Crippen MR) is 128 cm³/mol. The van der Waals surface area contributed by atoms with E-state index in [1.165, 1.54) is 11.0 Å². The van der Waals surface area contributed by atoms with Crippen LogP contribution in [0.2, 0.25) is 0 Å². The number of amides is 2. The Balaban J connectivity index is 2.11. The van der Waals surface area contributed by atoms with Gasteiger partial charge in [-0.15, -0.1) is 0 Å². The molecule has 0 aliphatic heterocycles. The van der Waals surface area contributed by atoms with E-state index in [1.54, 1.807) is 13.8 Å². The van der Waals surface area contributed by atoms with Crippen LogP contribution in [0.5, 0.6) is 0 Å². The second-order valence-electron chi connectivity index (χ2n) is 7.93. The lowest BCUT2D eigenvalue weighted by atomic mass is 10.1. The highest BCUT2D eigenvalue weighted by Gasteiger charge is 2.26. The summed E-state index contributed by atoms with van der Waals surface area (Å²) in [6, 6.07) is 11.7. The average Bonchev–Trinajstić information content (AvgIpc) is 2.78. The Kier molecular flexibility index (Phi) is 9.97. The monoisotopic (exact) mass is 495 g/mol. The summed E-state index contributed by atoms with van der Waals surface area (Å²) in [4.78, 5) is 26.9. The van der Waals surface area contributed by atoms with E-state index >= 15 is 0 Å². The Hall–Kier alpha value is -3.01. The zero-order chi connectivity index (χ0) is 25.3.